The van der Waals surface area contributed by atoms with Crippen molar-refractivity contribution in [2.24, 2.45) is 0 Å². The molecule has 0 aliphatic rings. The number of nitrogens with zero attached hydrogens (tertiary/aromatic N) is 2. The van der Waals surface area contributed by atoms with Gasteiger partial charge in [-0.1, -0.05) is 87.7 Å². The van der Waals surface area contributed by atoms with E-state index in [-0.39, 0.29) is 35.5 Å². The van der Waals surface area contributed by atoms with Crippen LogP contribution < -0.4 is 9.62 Å². The van der Waals surface area contributed by atoms with Crippen LogP contribution in [0.1, 0.15) is 25.0 Å². The largest absolute Gasteiger partial charge is 0.352 e. The normalized spacial score (nSPS) is 12.0. The summed E-state index contributed by atoms with van der Waals surface area (Å²) in [4.78, 5) is 29.5. The first kappa shape index (κ1) is 33.5. The van der Waals surface area contributed by atoms with E-state index in [2.05, 4.69) is 21.2 Å². The van der Waals surface area contributed by atoms with Crippen molar-refractivity contribution < 1.29 is 18.0 Å². The van der Waals surface area contributed by atoms with E-state index in [1.807, 2.05) is 68.4 Å². The lowest BCUT2D eigenvalue weighted by molar-refractivity contribution is -0.140. The van der Waals surface area contributed by atoms with E-state index in [0.29, 0.717) is 10.0 Å². The van der Waals surface area contributed by atoms with Crippen molar-refractivity contribution in [2.45, 2.75) is 43.8 Å². The fourth-order valence-electron chi connectivity index (χ4n) is 4.61. The molecule has 0 bridgehead atoms. The summed E-state index contributed by atoms with van der Waals surface area (Å²) in [5.74, 6) is -0.908. The number of nitrogens with one attached hydrogen (secondary N) is 1. The predicted molar refractivity (Wildman–Crippen MR) is 179 cm³/mol. The maximum Gasteiger partial charge on any atom is 0.264 e. The molecule has 0 saturated heterocycles. The summed E-state index contributed by atoms with van der Waals surface area (Å²) in [6.07, 6.45) is 0.225. The molecule has 4 rings (SSSR count). The number of amides is 2. The van der Waals surface area contributed by atoms with Crippen LogP contribution in [0, 0.1) is 0 Å². The lowest BCUT2D eigenvalue weighted by Crippen LogP contribution is -2.54. The number of hydrogen-bond acceptors (Lipinski definition) is 4. The fraction of sp³-hybridized carbons (Fsp3) is 0.212. The van der Waals surface area contributed by atoms with E-state index in [9.17, 15) is 18.0 Å². The van der Waals surface area contributed by atoms with Gasteiger partial charge in [0.2, 0.25) is 11.8 Å². The molecule has 0 fully saturated rings. The van der Waals surface area contributed by atoms with Gasteiger partial charge in [0, 0.05) is 33.5 Å². The van der Waals surface area contributed by atoms with Crippen LogP contribution in [0.3, 0.4) is 0 Å². The summed E-state index contributed by atoms with van der Waals surface area (Å²) in [5, 5.41) is 3.62. The Morgan fingerprint density at radius 1 is 0.818 bits per heavy atom. The maximum absolute atomic E-state index is 14.4. The van der Waals surface area contributed by atoms with Crippen molar-refractivity contribution in [3.8, 4) is 0 Å². The van der Waals surface area contributed by atoms with Crippen molar-refractivity contribution >= 4 is 66.7 Å². The molecule has 0 aliphatic carbocycles. The molecule has 0 spiro atoms. The molecule has 0 radical (unpaired) electrons. The first-order valence-electron chi connectivity index (χ1n) is 13.9. The molecule has 11 heteroatoms. The van der Waals surface area contributed by atoms with Gasteiger partial charge in [-0.25, -0.2) is 8.42 Å². The Bertz CT molecular complexity index is 1690. The first-order valence-corrected chi connectivity index (χ1v) is 16.8. The molecule has 0 aliphatic heterocycles. The minimum Gasteiger partial charge on any atom is -0.352 e. The van der Waals surface area contributed by atoms with Crippen LogP contribution in [0.4, 0.5) is 5.69 Å². The maximum atomic E-state index is 14.4. The van der Waals surface area contributed by atoms with Crippen LogP contribution in [0.2, 0.25) is 10.0 Å². The lowest BCUT2D eigenvalue weighted by atomic mass is 10.0. The minimum absolute atomic E-state index is 0.0486. The Kier molecular flexibility index (Phi) is 11.5. The van der Waals surface area contributed by atoms with Crippen molar-refractivity contribution in [1.29, 1.82) is 0 Å². The quantitative estimate of drug-likeness (QED) is 0.169. The van der Waals surface area contributed by atoms with Gasteiger partial charge >= 0.3 is 0 Å². The lowest BCUT2D eigenvalue weighted by Gasteiger charge is -2.34. The molecule has 1 atom stereocenters. The second-order valence-electron chi connectivity index (χ2n) is 10.5. The second-order valence-corrected chi connectivity index (χ2v) is 14.1. The molecule has 0 aromatic heterocycles. The standard InChI is InChI=1S/C33H32BrCl2N3O4S/c1-23(2)37-33(41)31(19-24-7-4-3-5-8-24)38(21-25-11-13-26(34)14-12-25)32(40)22-39(29-10-6-9-28(36)20-29)44(42,43)30-17-15-27(35)16-18-30/h3-18,20,23,31H,19,21-22H2,1-2H3,(H,37,41)/t31-/m1/s1. The topological polar surface area (TPSA) is 86.8 Å². The van der Waals surface area contributed by atoms with Gasteiger partial charge in [-0.3, -0.25) is 13.9 Å². The molecule has 1 N–H and O–H groups in total. The van der Waals surface area contributed by atoms with Crippen molar-refractivity contribution in [1.82, 2.24) is 10.2 Å². The molecular weight excluding hydrogens is 685 g/mol. The number of hydrogen-bond donors (Lipinski definition) is 1. The van der Waals surface area contributed by atoms with Crippen LogP contribution in [-0.2, 0) is 32.6 Å². The van der Waals surface area contributed by atoms with Gasteiger partial charge in [0.1, 0.15) is 12.6 Å². The third-order valence-electron chi connectivity index (χ3n) is 6.74. The highest BCUT2D eigenvalue weighted by Gasteiger charge is 2.35. The van der Waals surface area contributed by atoms with Gasteiger partial charge in [-0.15, -0.1) is 0 Å². The van der Waals surface area contributed by atoms with Crippen LogP contribution in [0.25, 0.3) is 0 Å². The number of anilines is 1. The van der Waals surface area contributed by atoms with Gasteiger partial charge in [-0.2, -0.15) is 0 Å². The molecule has 0 heterocycles. The minimum atomic E-state index is -4.26. The van der Waals surface area contributed by atoms with E-state index >= 15 is 0 Å². The summed E-state index contributed by atoms with van der Waals surface area (Å²) >= 11 is 15.7. The molecule has 2 amide bonds. The summed E-state index contributed by atoms with van der Waals surface area (Å²) in [6, 6.07) is 27.7. The van der Waals surface area contributed by atoms with Crippen molar-refractivity contribution in [2.75, 3.05) is 10.8 Å². The molecule has 4 aromatic carbocycles. The molecule has 0 saturated carbocycles. The molecule has 44 heavy (non-hydrogen) atoms. The average Bonchev–Trinajstić information content (AvgIpc) is 2.98. The van der Waals surface area contributed by atoms with Crippen LogP contribution in [0.5, 0.6) is 0 Å². The Balaban J connectivity index is 1.80. The first-order chi connectivity index (χ1) is 20.9. The number of benzene rings is 4. The van der Waals surface area contributed by atoms with Gasteiger partial charge in [-0.05, 0) is 79.6 Å². The number of sulfonamides is 1. The monoisotopic (exact) mass is 715 g/mol. The van der Waals surface area contributed by atoms with Gasteiger partial charge < -0.3 is 10.2 Å². The van der Waals surface area contributed by atoms with E-state index in [4.69, 9.17) is 23.2 Å². The third kappa shape index (κ3) is 8.85. The van der Waals surface area contributed by atoms with E-state index in [1.165, 1.54) is 35.2 Å². The summed E-state index contributed by atoms with van der Waals surface area (Å²) in [5.41, 5.74) is 1.83. The Morgan fingerprint density at radius 2 is 1.48 bits per heavy atom. The summed E-state index contributed by atoms with van der Waals surface area (Å²) < 4.78 is 29.9. The van der Waals surface area contributed by atoms with Crippen LogP contribution in [-0.4, -0.2) is 43.8 Å². The molecule has 230 valence electrons. The SMILES string of the molecule is CC(C)NC(=O)[C@@H](Cc1ccccc1)N(Cc1ccc(Br)cc1)C(=O)CN(c1cccc(Cl)c1)S(=O)(=O)c1ccc(Cl)cc1. The van der Waals surface area contributed by atoms with Crippen LogP contribution >= 0.6 is 39.1 Å². The van der Waals surface area contributed by atoms with Crippen molar-refractivity contribution in [3.63, 3.8) is 0 Å². The molecular formula is C33H32BrCl2N3O4S. The Labute approximate surface area is 277 Å². The average molecular weight is 718 g/mol. The smallest absolute Gasteiger partial charge is 0.264 e. The third-order valence-corrected chi connectivity index (χ3v) is 9.55. The molecule has 4 aromatic rings. The highest BCUT2D eigenvalue weighted by Crippen LogP contribution is 2.28. The van der Waals surface area contributed by atoms with Gasteiger partial charge in [0.05, 0.1) is 10.6 Å². The molecule has 0 unspecified atom stereocenters. The van der Waals surface area contributed by atoms with E-state index in [0.717, 1.165) is 19.9 Å². The highest BCUT2D eigenvalue weighted by atomic mass is 79.9. The highest BCUT2D eigenvalue weighted by molar-refractivity contribution is 9.10. The zero-order valence-electron chi connectivity index (χ0n) is 24.2. The van der Waals surface area contributed by atoms with E-state index in [1.54, 1.807) is 18.2 Å². The fourth-order valence-corrected chi connectivity index (χ4v) is 6.60. The number of rotatable bonds is 12. The Morgan fingerprint density at radius 3 is 2.09 bits per heavy atom. The van der Waals surface area contributed by atoms with Gasteiger partial charge in [0.25, 0.3) is 10.0 Å². The Hall–Kier alpha value is -3.37. The predicted octanol–water partition coefficient (Wildman–Crippen LogP) is 7.12. The van der Waals surface area contributed by atoms with E-state index < -0.39 is 28.5 Å². The van der Waals surface area contributed by atoms with Crippen molar-refractivity contribution in [3.05, 3.63) is 129 Å². The number of carbonyl (C=O) groups excluding carboxylic acids is 2. The number of carbonyl (C=O) groups is 2. The summed E-state index contributed by atoms with van der Waals surface area (Å²) in [6.45, 7) is 3.18. The van der Waals surface area contributed by atoms with Gasteiger partial charge in [0.15, 0.2) is 0 Å². The van der Waals surface area contributed by atoms with Crippen LogP contribution in [0.15, 0.2) is 112 Å². The number of halogens is 3. The summed E-state index contributed by atoms with van der Waals surface area (Å²) in [7, 11) is -4.26. The zero-order chi connectivity index (χ0) is 31.9. The molecule has 7 nitrogen and oxygen atoms in total. The zero-order valence-corrected chi connectivity index (χ0v) is 28.1. The second kappa shape index (κ2) is 15.1.